The zero-order valence-electron chi connectivity index (χ0n) is 16.4. The van der Waals surface area contributed by atoms with Crippen LogP contribution in [0.3, 0.4) is 0 Å². The van der Waals surface area contributed by atoms with E-state index in [0.29, 0.717) is 10.6 Å². The van der Waals surface area contributed by atoms with Crippen LogP contribution in [0, 0.1) is 11.7 Å². The highest BCUT2D eigenvalue weighted by Crippen LogP contribution is 2.48. The zero-order valence-corrected chi connectivity index (χ0v) is 17.2. The first-order valence-corrected chi connectivity index (χ1v) is 9.85. The summed E-state index contributed by atoms with van der Waals surface area (Å²) >= 11 is 6.17. The summed E-state index contributed by atoms with van der Waals surface area (Å²) in [4.78, 5) is 10.9. The van der Waals surface area contributed by atoms with Crippen LogP contribution in [0.5, 0.6) is 5.75 Å². The lowest BCUT2D eigenvalue weighted by Gasteiger charge is -2.41. The third-order valence-electron chi connectivity index (χ3n) is 5.35. The lowest BCUT2D eigenvalue weighted by Crippen LogP contribution is -2.34. The van der Waals surface area contributed by atoms with Crippen LogP contribution in [-0.4, -0.2) is 23.8 Å². The van der Waals surface area contributed by atoms with E-state index in [1.54, 1.807) is 12.1 Å². The van der Waals surface area contributed by atoms with Gasteiger partial charge in [0.1, 0.15) is 0 Å². The van der Waals surface area contributed by atoms with Crippen LogP contribution in [0.4, 0.5) is 4.39 Å². The first-order chi connectivity index (χ1) is 13.8. The Kier molecular flexibility index (Phi) is 6.60. The van der Waals surface area contributed by atoms with Crippen molar-refractivity contribution in [1.82, 2.24) is 0 Å². The number of ether oxygens (including phenoxy) is 2. The largest absolute Gasteiger partial charge is 0.479 e. The van der Waals surface area contributed by atoms with Gasteiger partial charge in [0.05, 0.1) is 12.2 Å². The minimum atomic E-state index is -1.17. The van der Waals surface area contributed by atoms with Crippen LogP contribution >= 0.6 is 11.6 Å². The summed E-state index contributed by atoms with van der Waals surface area (Å²) in [5.74, 6) is -1.86. The highest BCUT2D eigenvalue weighted by molar-refractivity contribution is 6.30. The van der Waals surface area contributed by atoms with Crippen LogP contribution in [-0.2, 0) is 9.53 Å². The molecule has 2 aromatic carbocycles. The number of rotatable bonds is 6. The van der Waals surface area contributed by atoms with E-state index < -0.39 is 24.5 Å². The van der Waals surface area contributed by atoms with Gasteiger partial charge in [-0.25, -0.2) is 9.18 Å². The fraction of sp³-hybridized carbons (Fsp3) is 0.348. The van der Waals surface area contributed by atoms with Gasteiger partial charge < -0.3 is 14.6 Å². The molecule has 1 N–H and O–H groups in total. The number of carboxylic acid groups (broad SMARTS) is 1. The predicted octanol–water partition coefficient (Wildman–Crippen LogP) is 5.77. The Morgan fingerprint density at radius 1 is 1.34 bits per heavy atom. The van der Waals surface area contributed by atoms with Crippen molar-refractivity contribution in [2.75, 3.05) is 6.61 Å². The van der Waals surface area contributed by atoms with E-state index in [1.165, 1.54) is 6.07 Å². The number of carboxylic acids is 1. The van der Waals surface area contributed by atoms with Gasteiger partial charge in [0, 0.05) is 22.4 Å². The molecule has 0 saturated carbocycles. The van der Waals surface area contributed by atoms with Crippen molar-refractivity contribution in [1.29, 1.82) is 0 Å². The second kappa shape index (κ2) is 8.97. The first-order valence-electron chi connectivity index (χ1n) is 9.47. The van der Waals surface area contributed by atoms with Crippen molar-refractivity contribution in [2.24, 2.45) is 5.92 Å². The molecule has 6 heteroatoms. The summed E-state index contributed by atoms with van der Waals surface area (Å²) in [7, 11) is 0. The fourth-order valence-corrected chi connectivity index (χ4v) is 4.14. The third kappa shape index (κ3) is 4.80. The average Bonchev–Trinajstić information content (AvgIpc) is 2.66. The molecule has 2 aromatic rings. The molecule has 0 amide bonds. The number of aliphatic carboxylic acids is 1. The fourth-order valence-electron chi connectivity index (χ4n) is 3.94. The van der Waals surface area contributed by atoms with Crippen LogP contribution < -0.4 is 4.74 Å². The van der Waals surface area contributed by atoms with Gasteiger partial charge in [-0.3, -0.25) is 0 Å². The van der Waals surface area contributed by atoms with Crippen LogP contribution in [0.25, 0.3) is 0 Å². The van der Waals surface area contributed by atoms with Gasteiger partial charge in [-0.15, -0.1) is 0 Å². The second-order valence-electron chi connectivity index (χ2n) is 7.45. The van der Waals surface area contributed by atoms with E-state index in [2.05, 4.69) is 6.58 Å². The summed E-state index contributed by atoms with van der Waals surface area (Å²) in [5.41, 5.74) is 2.48. The van der Waals surface area contributed by atoms with E-state index >= 15 is 0 Å². The molecule has 1 fully saturated rings. The van der Waals surface area contributed by atoms with Gasteiger partial charge >= 0.3 is 5.97 Å². The molecule has 154 valence electrons. The number of para-hydroxylation sites is 1. The number of halogens is 2. The molecule has 1 aliphatic rings. The molecule has 0 aliphatic carbocycles. The van der Waals surface area contributed by atoms with Crippen LogP contribution in [0.2, 0.25) is 5.02 Å². The molecule has 1 heterocycles. The Hall–Kier alpha value is -2.37. The first kappa shape index (κ1) is 21.3. The quantitative estimate of drug-likeness (QED) is 0.605. The van der Waals surface area contributed by atoms with Gasteiger partial charge in [0.15, 0.2) is 18.2 Å². The summed E-state index contributed by atoms with van der Waals surface area (Å²) in [6.45, 7) is 7.39. The van der Waals surface area contributed by atoms with Crippen molar-refractivity contribution in [3.05, 3.63) is 76.6 Å². The Morgan fingerprint density at radius 3 is 2.72 bits per heavy atom. The third-order valence-corrected chi connectivity index (χ3v) is 5.59. The topological polar surface area (TPSA) is 55.8 Å². The minimum absolute atomic E-state index is 0.0837. The van der Waals surface area contributed by atoms with Crippen molar-refractivity contribution in [3.63, 3.8) is 0 Å². The Labute approximate surface area is 174 Å². The lowest BCUT2D eigenvalue weighted by atomic mass is 9.76. The molecule has 0 unspecified atom stereocenters. The van der Waals surface area contributed by atoms with Gasteiger partial charge in [-0.2, -0.15) is 0 Å². The Balaban J connectivity index is 1.96. The molecule has 29 heavy (non-hydrogen) atoms. The van der Waals surface area contributed by atoms with Crippen molar-refractivity contribution in [3.8, 4) is 5.75 Å². The number of hydrogen-bond donors (Lipinski definition) is 1. The number of carbonyl (C=O) groups is 1. The number of benzene rings is 2. The molecule has 0 aromatic heterocycles. The van der Waals surface area contributed by atoms with E-state index in [4.69, 9.17) is 26.2 Å². The summed E-state index contributed by atoms with van der Waals surface area (Å²) in [6.07, 6.45) is 0.0956. The predicted molar refractivity (Wildman–Crippen MR) is 110 cm³/mol. The Bertz CT molecular complexity index is 914. The molecule has 4 nitrogen and oxygen atoms in total. The lowest BCUT2D eigenvalue weighted by molar-refractivity contribution is -0.139. The SMILES string of the molecule is C=C(C)[C@H]1C[C@H](c2cccc(Cl)c2)[C@H](C)O[C@@H]1c1cccc(F)c1OCC(=O)O. The molecular formula is C23H24ClFO4. The van der Waals surface area contributed by atoms with Crippen LogP contribution in [0.15, 0.2) is 54.6 Å². The molecule has 0 radical (unpaired) electrons. The maximum atomic E-state index is 14.5. The molecule has 3 rings (SSSR count). The summed E-state index contributed by atoms with van der Waals surface area (Å²) < 4.78 is 26.1. The van der Waals surface area contributed by atoms with Gasteiger partial charge in [-0.05, 0) is 44.0 Å². The van der Waals surface area contributed by atoms with Crippen LogP contribution in [0.1, 0.15) is 43.4 Å². The summed E-state index contributed by atoms with van der Waals surface area (Å²) in [6, 6.07) is 12.2. The van der Waals surface area contributed by atoms with Crippen molar-refractivity contribution >= 4 is 17.6 Å². The average molecular weight is 419 g/mol. The molecule has 1 saturated heterocycles. The second-order valence-corrected chi connectivity index (χ2v) is 7.89. The van der Waals surface area contributed by atoms with Gasteiger partial charge in [-0.1, -0.05) is 48.0 Å². The molecular weight excluding hydrogens is 395 g/mol. The maximum Gasteiger partial charge on any atom is 0.341 e. The van der Waals surface area contributed by atoms with E-state index in [1.807, 2.05) is 38.1 Å². The molecule has 1 aliphatic heterocycles. The van der Waals surface area contributed by atoms with Gasteiger partial charge in [0.25, 0.3) is 0 Å². The Morgan fingerprint density at radius 2 is 2.07 bits per heavy atom. The van der Waals surface area contributed by atoms with Crippen molar-refractivity contribution < 1.29 is 23.8 Å². The maximum absolute atomic E-state index is 14.5. The molecule has 0 bridgehead atoms. The highest BCUT2D eigenvalue weighted by atomic mass is 35.5. The summed E-state index contributed by atoms with van der Waals surface area (Å²) in [5, 5.41) is 9.59. The van der Waals surface area contributed by atoms with Crippen molar-refractivity contribution in [2.45, 2.75) is 38.4 Å². The van der Waals surface area contributed by atoms with Gasteiger partial charge in [0.2, 0.25) is 0 Å². The van der Waals surface area contributed by atoms with E-state index in [0.717, 1.165) is 17.6 Å². The smallest absolute Gasteiger partial charge is 0.341 e. The molecule has 0 spiro atoms. The monoisotopic (exact) mass is 418 g/mol. The minimum Gasteiger partial charge on any atom is -0.479 e. The van der Waals surface area contributed by atoms with E-state index in [9.17, 15) is 9.18 Å². The zero-order chi connectivity index (χ0) is 21.1. The van der Waals surface area contributed by atoms with E-state index in [-0.39, 0.29) is 23.7 Å². The molecule has 4 atom stereocenters. The highest BCUT2D eigenvalue weighted by Gasteiger charge is 2.39. The normalized spacial score (nSPS) is 24.1. The number of hydrogen-bond acceptors (Lipinski definition) is 3. The standard InChI is InChI=1S/C23H24ClFO4/c1-13(2)18-11-19(15-6-4-7-16(24)10-15)14(3)29-22(18)17-8-5-9-20(25)23(17)28-12-21(26)27/h4-10,14,18-19,22H,1,11-12H2,2-3H3,(H,26,27)/t14-,18+,19-,22+/m0/s1.